The van der Waals surface area contributed by atoms with E-state index in [1.807, 2.05) is 0 Å². The third kappa shape index (κ3) is 3.75. The number of amides is 1. The van der Waals surface area contributed by atoms with Crippen LogP contribution in [0.2, 0.25) is 0 Å². The molecule has 0 radical (unpaired) electrons. The molecule has 1 saturated carbocycles. The Kier molecular flexibility index (Phi) is 5.48. The number of rotatable bonds is 4. The van der Waals surface area contributed by atoms with Gasteiger partial charge in [0, 0.05) is 11.5 Å². The maximum atomic E-state index is 12.7. The molecular weight excluding hydrogens is 248 g/mol. The Labute approximate surface area is 124 Å². The first-order chi connectivity index (χ1) is 9.51. The molecule has 2 rings (SSSR count). The largest absolute Gasteiger partial charge is 0.353 e. The van der Waals surface area contributed by atoms with Crippen LogP contribution >= 0.6 is 0 Å². The molecule has 0 aromatic rings. The normalized spacial score (nSPS) is 27.1. The van der Waals surface area contributed by atoms with Crippen molar-refractivity contribution in [1.82, 2.24) is 10.6 Å². The lowest BCUT2D eigenvalue weighted by atomic mass is 9.74. The first-order valence-electron chi connectivity index (χ1n) is 8.53. The van der Waals surface area contributed by atoms with Crippen LogP contribution < -0.4 is 10.6 Å². The number of nitrogens with one attached hydrogen (secondary N) is 2. The van der Waals surface area contributed by atoms with E-state index < -0.39 is 0 Å². The lowest BCUT2D eigenvalue weighted by molar-refractivity contribution is -0.133. The minimum atomic E-state index is -0.254. The lowest BCUT2D eigenvalue weighted by Gasteiger charge is -2.38. The maximum absolute atomic E-state index is 12.7. The van der Waals surface area contributed by atoms with E-state index in [1.54, 1.807) is 0 Å². The van der Waals surface area contributed by atoms with Gasteiger partial charge in [0.1, 0.15) is 0 Å². The Bertz CT molecular complexity index is 315. The van der Waals surface area contributed by atoms with Crippen LogP contribution in [0.4, 0.5) is 0 Å². The molecule has 116 valence electrons. The SMILES string of the molecule is CC(NC(=O)C(C)(C)C1CCCNC1)C1CCCCC1. The number of carbonyl (C=O) groups excluding carboxylic acids is 1. The maximum Gasteiger partial charge on any atom is 0.226 e. The Morgan fingerprint density at radius 1 is 1.15 bits per heavy atom. The van der Waals surface area contributed by atoms with E-state index in [0.29, 0.717) is 17.9 Å². The standard InChI is InChI=1S/C17H32N2O/c1-13(14-8-5-4-6-9-14)19-16(20)17(2,3)15-10-7-11-18-12-15/h13-15,18H,4-12H2,1-3H3,(H,19,20). The minimum absolute atomic E-state index is 0.254. The second kappa shape index (κ2) is 6.93. The molecule has 0 aromatic heterocycles. The van der Waals surface area contributed by atoms with Gasteiger partial charge in [-0.05, 0) is 57.5 Å². The third-order valence-electron chi connectivity index (χ3n) is 5.62. The van der Waals surface area contributed by atoms with Crippen LogP contribution in [0.5, 0.6) is 0 Å². The predicted octanol–water partition coefficient (Wildman–Crippen LogP) is 3.10. The van der Waals surface area contributed by atoms with Crippen molar-refractivity contribution in [1.29, 1.82) is 0 Å². The van der Waals surface area contributed by atoms with Gasteiger partial charge in [0.15, 0.2) is 0 Å². The Balaban J connectivity index is 1.88. The first kappa shape index (κ1) is 15.8. The number of piperidine rings is 1. The van der Waals surface area contributed by atoms with Crippen molar-refractivity contribution in [2.24, 2.45) is 17.3 Å². The van der Waals surface area contributed by atoms with Crippen LogP contribution in [-0.2, 0) is 4.79 Å². The number of hydrogen-bond donors (Lipinski definition) is 2. The summed E-state index contributed by atoms with van der Waals surface area (Å²) in [6, 6.07) is 0.332. The second-order valence-electron chi connectivity index (χ2n) is 7.43. The summed E-state index contributed by atoms with van der Waals surface area (Å²) in [5.41, 5.74) is -0.254. The molecule has 2 fully saturated rings. The number of hydrogen-bond acceptors (Lipinski definition) is 2. The van der Waals surface area contributed by atoms with Gasteiger partial charge in [0.25, 0.3) is 0 Å². The molecule has 1 saturated heterocycles. The molecular formula is C17H32N2O. The molecule has 2 unspecified atom stereocenters. The van der Waals surface area contributed by atoms with Crippen molar-refractivity contribution in [3.8, 4) is 0 Å². The van der Waals surface area contributed by atoms with Crippen LogP contribution in [-0.4, -0.2) is 25.0 Å². The molecule has 1 aliphatic heterocycles. The molecule has 1 heterocycles. The Morgan fingerprint density at radius 3 is 2.45 bits per heavy atom. The van der Waals surface area contributed by atoms with Gasteiger partial charge in [-0.25, -0.2) is 0 Å². The molecule has 1 aliphatic carbocycles. The molecule has 0 bridgehead atoms. The van der Waals surface area contributed by atoms with Crippen LogP contribution in [0.3, 0.4) is 0 Å². The number of carbonyl (C=O) groups is 1. The van der Waals surface area contributed by atoms with Crippen LogP contribution in [0.15, 0.2) is 0 Å². The van der Waals surface area contributed by atoms with Gasteiger partial charge in [-0.3, -0.25) is 4.79 Å². The Morgan fingerprint density at radius 2 is 1.85 bits per heavy atom. The monoisotopic (exact) mass is 280 g/mol. The summed E-state index contributed by atoms with van der Waals surface area (Å²) in [5, 5.41) is 6.75. The zero-order valence-electron chi connectivity index (χ0n) is 13.5. The minimum Gasteiger partial charge on any atom is -0.353 e. The fourth-order valence-corrected chi connectivity index (χ4v) is 3.80. The summed E-state index contributed by atoms with van der Waals surface area (Å²) < 4.78 is 0. The average molecular weight is 280 g/mol. The summed E-state index contributed by atoms with van der Waals surface area (Å²) in [4.78, 5) is 12.7. The molecule has 2 atom stereocenters. The van der Waals surface area contributed by atoms with Gasteiger partial charge in [-0.1, -0.05) is 33.1 Å². The zero-order valence-corrected chi connectivity index (χ0v) is 13.5. The predicted molar refractivity (Wildman–Crippen MR) is 83.6 cm³/mol. The van der Waals surface area contributed by atoms with Gasteiger partial charge in [0.2, 0.25) is 5.91 Å². The van der Waals surface area contributed by atoms with Crippen LogP contribution in [0.1, 0.15) is 65.7 Å². The van der Waals surface area contributed by atoms with Crippen LogP contribution in [0, 0.1) is 17.3 Å². The highest BCUT2D eigenvalue weighted by Crippen LogP contribution is 2.33. The second-order valence-corrected chi connectivity index (χ2v) is 7.43. The van der Waals surface area contributed by atoms with Gasteiger partial charge >= 0.3 is 0 Å². The van der Waals surface area contributed by atoms with Gasteiger partial charge in [-0.2, -0.15) is 0 Å². The van der Waals surface area contributed by atoms with E-state index in [1.165, 1.54) is 44.9 Å². The van der Waals surface area contributed by atoms with Gasteiger partial charge in [-0.15, -0.1) is 0 Å². The van der Waals surface area contributed by atoms with E-state index in [-0.39, 0.29) is 11.3 Å². The van der Waals surface area contributed by atoms with E-state index in [4.69, 9.17) is 0 Å². The van der Waals surface area contributed by atoms with Crippen molar-refractivity contribution in [3.63, 3.8) is 0 Å². The molecule has 20 heavy (non-hydrogen) atoms. The molecule has 2 N–H and O–H groups in total. The van der Waals surface area contributed by atoms with Gasteiger partial charge in [0.05, 0.1) is 0 Å². The lowest BCUT2D eigenvalue weighted by Crippen LogP contribution is -2.50. The van der Waals surface area contributed by atoms with E-state index >= 15 is 0 Å². The van der Waals surface area contributed by atoms with Crippen molar-refractivity contribution >= 4 is 5.91 Å². The summed E-state index contributed by atoms with van der Waals surface area (Å²) in [6.07, 6.45) is 8.97. The highest BCUT2D eigenvalue weighted by Gasteiger charge is 2.38. The van der Waals surface area contributed by atoms with Crippen molar-refractivity contribution < 1.29 is 4.79 Å². The highest BCUT2D eigenvalue weighted by molar-refractivity contribution is 5.82. The molecule has 1 amide bonds. The molecule has 3 nitrogen and oxygen atoms in total. The van der Waals surface area contributed by atoms with Crippen LogP contribution in [0.25, 0.3) is 0 Å². The molecule has 3 heteroatoms. The molecule has 2 aliphatic rings. The molecule has 0 aromatic carbocycles. The van der Waals surface area contributed by atoms with E-state index in [2.05, 4.69) is 31.4 Å². The smallest absolute Gasteiger partial charge is 0.226 e. The molecule has 0 spiro atoms. The first-order valence-corrected chi connectivity index (χ1v) is 8.53. The fraction of sp³-hybridized carbons (Fsp3) is 0.941. The average Bonchev–Trinajstić information content (AvgIpc) is 2.49. The Hall–Kier alpha value is -0.570. The topological polar surface area (TPSA) is 41.1 Å². The van der Waals surface area contributed by atoms with E-state index in [9.17, 15) is 4.79 Å². The quantitative estimate of drug-likeness (QED) is 0.831. The third-order valence-corrected chi connectivity index (χ3v) is 5.62. The van der Waals surface area contributed by atoms with Crippen molar-refractivity contribution in [2.75, 3.05) is 13.1 Å². The fourth-order valence-electron chi connectivity index (χ4n) is 3.80. The van der Waals surface area contributed by atoms with E-state index in [0.717, 1.165) is 13.1 Å². The highest BCUT2D eigenvalue weighted by atomic mass is 16.2. The zero-order chi connectivity index (χ0) is 14.6. The summed E-state index contributed by atoms with van der Waals surface area (Å²) in [6.45, 7) is 8.52. The summed E-state index contributed by atoms with van der Waals surface area (Å²) in [5.74, 6) is 1.41. The van der Waals surface area contributed by atoms with Gasteiger partial charge < -0.3 is 10.6 Å². The summed E-state index contributed by atoms with van der Waals surface area (Å²) >= 11 is 0. The van der Waals surface area contributed by atoms with Crippen molar-refractivity contribution in [3.05, 3.63) is 0 Å². The van der Waals surface area contributed by atoms with Crippen molar-refractivity contribution in [2.45, 2.75) is 71.8 Å². The summed E-state index contributed by atoms with van der Waals surface area (Å²) in [7, 11) is 0.